The van der Waals surface area contributed by atoms with E-state index in [1.807, 2.05) is 6.07 Å². The van der Waals surface area contributed by atoms with Crippen LogP contribution in [0.1, 0.15) is 87.1 Å². The lowest BCUT2D eigenvalue weighted by Crippen LogP contribution is -2.34. The first-order valence-corrected chi connectivity index (χ1v) is 13.1. The summed E-state index contributed by atoms with van der Waals surface area (Å²) in [5.74, 6) is -0.424. The largest absolute Gasteiger partial charge is 0.493 e. The third-order valence-electron chi connectivity index (χ3n) is 5.76. The fourth-order valence-electron chi connectivity index (χ4n) is 3.66. The van der Waals surface area contributed by atoms with E-state index in [4.69, 9.17) is 9.47 Å². The van der Waals surface area contributed by atoms with Gasteiger partial charge in [0, 0.05) is 6.42 Å². The molecule has 2 amide bonds. The first kappa shape index (κ1) is 29.5. The molecule has 0 saturated carbocycles. The summed E-state index contributed by atoms with van der Waals surface area (Å²) in [6.07, 6.45) is 12.6. The van der Waals surface area contributed by atoms with Crippen LogP contribution in [0.25, 0.3) is 0 Å². The predicted octanol–water partition coefficient (Wildman–Crippen LogP) is 5.40. The lowest BCUT2D eigenvalue weighted by Gasteiger charge is -2.10. The third-order valence-corrected chi connectivity index (χ3v) is 5.76. The van der Waals surface area contributed by atoms with Crippen molar-refractivity contribution >= 4 is 24.0 Å². The van der Waals surface area contributed by atoms with Gasteiger partial charge in [-0.2, -0.15) is 5.10 Å². The Morgan fingerprint density at radius 2 is 1.51 bits per heavy atom. The lowest BCUT2D eigenvalue weighted by molar-refractivity contribution is -0.126. The number of methoxy groups -OCH3 is 1. The van der Waals surface area contributed by atoms with Gasteiger partial charge >= 0.3 is 5.97 Å². The molecule has 0 fully saturated rings. The van der Waals surface area contributed by atoms with E-state index >= 15 is 0 Å². The molecule has 0 saturated heterocycles. The summed E-state index contributed by atoms with van der Waals surface area (Å²) >= 11 is 0. The van der Waals surface area contributed by atoms with Gasteiger partial charge in [0.15, 0.2) is 11.5 Å². The number of unbranched alkanes of at least 4 members (excludes halogenated alkanes) is 8. The van der Waals surface area contributed by atoms with Gasteiger partial charge in [0.1, 0.15) is 0 Å². The van der Waals surface area contributed by atoms with E-state index in [1.165, 1.54) is 51.8 Å². The number of ether oxygens (including phenoxy) is 2. The van der Waals surface area contributed by atoms with E-state index < -0.39 is 11.9 Å². The van der Waals surface area contributed by atoms with Crippen molar-refractivity contribution in [1.82, 2.24) is 10.7 Å². The molecule has 0 heterocycles. The zero-order chi connectivity index (χ0) is 26.7. The summed E-state index contributed by atoms with van der Waals surface area (Å²) < 4.78 is 10.7. The number of carbonyl (C=O) groups excluding carboxylic acids is 3. The van der Waals surface area contributed by atoms with Crippen molar-refractivity contribution in [3.63, 3.8) is 0 Å². The smallest absolute Gasteiger partial charge is 0.343 e. The van der Waals surface area contributed by atoms with Crippen LogP contribution in [0.5, 0.6) is 11.5 Å². The van der Waals surface area contributed by atoms with Gasteiger partial charge < -0.3 is 14.8 Å². The molecule has 0 aromatic heterocycles. The maximum atomic E-state index is 12.3. The second-order valence-electron chi connectivity index (χ2n) is 8.81. The maximum absolute atomic E-state index is 12.3. The highest BCUT2D eigenvalue weighted by atomic mass is 16.6. The zero-order valence-electron chi connectivity index (χ0n) is 22.0. The highest BCUT2D eigenvalue weighted by molar-refractivity contribution is 5.91. The van der Waals surface area contributed by atoms with Crippen molar-refractivity contribution in [3.05, 3.63) is 59.7 Å². The molecule has 0 unspecified atom stereocenters. The highest BCUT2D eigenvalue weighted by Crippen LogP contribution is 2.28. The van der Waals surface area contributed by atoms with Crippen LogP contribution in [0.3, 0.4) is 0 Å². The molecule has 2 N–H and O–H groups in total. The molecule has 0 atom stereocenters. The van der Waals surface area contributed by atoms with Crippen LogP contribution < -0.4 is 20.2 Å². The number of hydrogen-bond donors (Lipinski definition) is 2. The van der Waals surface area contributed by atoms with Crippen molar-refractivity contribution in [1.29, 1.82) is 0 Å². The molecular formula is C29H39N3O5. The van der Waals surface area contributed by atoms with Crippen LogP contribution >= 0.6 is 0 Å². The Balaban J connectivity index is 1.66. The van der Waals surface area contributed by atoms with Gasteiger partial charge in [-0.1, -0.05) is 76.5 Å². The minimum absolute atomic E-state index is 0.132. The zero-order valence-corrected chi connectivity index (χ0v) is 22.0. The van der Waals surface area contributed by atoms with Crippen molar-refractivity contribution in [2.24, 2.45) is 5.10 Å². The number of hydrazone groups is 1. The average molecular weight is 510 g/mol. The molecule has 8 heteroatoms. The molecule has 0 bridgehead atoms. The van der Waals surface area contributed by atoms with Gasteiger partial charge in [0.05, 0.1) is 25.4 Å². The minimum atomic E-state index is -0.493. The second-order valence-corrected chi connectivity index (χ2v) is 8.81. The Kier molecular flexibility index (Phi) is 14.1. The summed E-state index contributed by atoms with van der Waals surface area (Å²) in [6, 6.07) is 13.6. The van der Waals surface area contributed by atoms with Crippen molar-refractivity contribution < 1.29 is 23.9 Å². The van der Waals surface area contributed by atoms with Gasteiger partial charge in [-0.15, -0.1) is 0 Å². The molecular weight excluding hydrogens is 470 g/mol. The number of carbonyl (C=O) groups is 3. The van der Waals surface area contributed by atoms with Gasteiger partial charge in [0.25, 0.3) is 5.91 Å². The Hall–Kier alpha value is -3.68. The normalized spacial score (nSPS) is 10.8. The number of esters is 1. The Bertz CT molecular complexity index is 1010. The van der Waals surface area contributed by atoms with Crippen LogP contribution in [0.4, 0.5) is 0 Å². The monoisotopic (exact) mass is 509 g/mol. The van der Waals surface area contributed by atoms with Crippen LogP contribution in [-0.4, -0.2) is 37.7 Å². The SMILES string of the molecule is CCCCCCCCCCCC(=O)NCC(=O)NN=Cc1ccc(OC(=O)c2ccccc2)c(OC)c1. The van der Waals surface area contributed by atoms with E-state index in [-0.39, 0.29) is 18.2 Å². The third kappa shape index (κ3) is 12.2. The number of nitrogens with one attached hydrogen (secondary N) is 2. The van der Waals surface area contributed by atoms with Gasteiger partial charge in [-0.25, -0.2) is 10.2 Å². The Morgan fingerprint density at radius 1 is 0.838 bits per heavy atom. The molecule has 200 valence electrons. The number of amides is 2. The van der Waals surface area contributed by atoms with E-state index in [1.54, 1.807) is 42.5 Å². The fourth-order valence-corrected chi connectivity index (χ4v) is 3.66. The molecule has 2 rings (SSSR count). The van der Waals surface area contributed by atoms with Crippen molar-refractivity contribution in [3.8, 4) is 11.5 Å². The minimum Gasteiger partial charge on any atom is -0.493 e. The number of nitrogens with zero attached hydrogens (tertiary/aromatic N) is 1. The standard InChI is InChI=1S/C29H39N3O5/c1-3-4-5-6-7-8-9-10-14-17-27(33)30-22-28(34)32-31-21-23-18-19-25(26(20-23)36-2)37-29(35)24-15-12-11-13-16-24/h11-13,15-16,18-21H,3-10,14,17,22H2,1-2H3,(H,30,33)(H,32,34). The van der Waals surface area contributed by atoms with Crippen molar-refractivity contribution in [2.45, 2.75) is 71.1 Å². The van der Waals surface area contributed by atoms with E-state index in [2.05, 4.69) is 22.8 Å². The number of rotatable bonds is 17. The van der Waals surface area contributed by atoms with Crippen LogP contribution in [0, 0.1) is 0 Å². The van der Waals surface area contributed by atoms with E-state index in [9.17, 15) is 14.4 Å². The van der Waals surface area contributed by atoms with Gasteiger partial charge in [-0.3, -0.25) is 9.59 Å². The molecule has 0 aliphatic carbocycles. The first-order valence-electron chi connectivity index (χ1n) is 13.1. The summed E-state index contributed by atoms with van der Waals surface area (Å²) in [5, 5.41) is 6.54. The lowest BCUT2D eigenvalue weighted by atomic mass is 10.1. The summed E-state index contributed by atoms with van der Waals surface area (Å²) in [4.78, 5) is 36.2. The predicted molar refractivity (Wildman–Crippen MR) is 145 cm³/mol. The van der Waals surface area contributed by atoms with E-state index in [0.717, 1.165) is 19.3 Å². The van der Waals surface area contributed by atoms with Crippen LogP contribution in [-0.2, 0) is 9.59 Å². The van der Waals surface area contributed by atoms with Crippen LogP contribution in [0.15, 0.2) is 53.6 Å². The van der Waals surface area contributed by atoms with Gasteiger partial charge in [-0.05, 0) is 42.3 Å². The molecule has 37 heavy (non-hydrogen) atoms. The molecule has 0 aliphatic heterocycles. The molecule has 8 nitrogen and oxygen atoms in total. The van der Waals surface area contributed by atoms with Crippen molar-refractivity contribution in [2.75, 3.05) is 13.7 Å². The summed E-state index contributed by atoms with van der Waals surface area (Å²) in [7, 11) is 1.47. The fraction of sp³-hybridized carbons (Fsp3) is 0.448. The topological polar surface area (TPSA) is 106 Å². The second kappa shape index (κ2) is 17.7. The number of benzene rings is 2. The highest BCUT2D eigenvalue weighted by Gasteiger charge is 2.12. The first-order chi connectivity index (χ1) is 18.0. The molecule has 0 aliphatic rings. The molecule has 0 spiro atoms. The summed E-state index contributed by atoms with van der Waals surface area (Å²) in [5.41, 5.74) is 3.45. The number of hydrogen-bond acceptors (Lipinski definition) is 6. The van der Waals surface area contributed by atoms with Crippen LogP contribution in [0.2, 0.25) is 0 Å². The Morgan fingerprint density at radius 3 is 2.19 bits per heavy atom. The quantitative estimate of drug-likeness (QED) is 0.0976. The maximum Gasteiger partial charge on any atom is 0.343 e. The summed E-state index contributed by atoms with van der Waals surface area (Å²) in [6.45, 7) is 2.08. The Labute approximate surface area is 219 Å². The molecule has 2 aromatic rings. The van der Waals surface area contributed by atoms with Gasteiger partial charge in [0.2, 0.25) is 5.91 Å². The molecule has 2 aromatic carbocycles. The average Bonchev–Trinajstić information content (AvgIpc) is 2.92. The van der Waals surface area contributed by atoms with E-state index in [0.29, 0.717) is 23.3 Å². The molecule has 0 radical (unpaired) electrons.